The van der Waals surface area contributed by atoms with Gasteiger partial charge in [-0.25, -0.2) is 0 Å². The van der Waals surface area contributed by atoms with E-state index in [2.05, 4.69) is 60.6 Å². The monoisotopic (exact) mass is 538 g/mol. The molecule has 0 N–H and O–H groups in total. The SMILES string of the molecule is C=CCN1CCC2(c3cccc(OC(C)=O)c3)CC(N(CC(C)C)C(=O)c3ccc4ccccc4c3)CCC2C1. The lowest BCUT2D eigenvalue weighted by molar-refractivity contribution is -0.131. The molecule has 2 aliphatic rings. The minimum Gasteiger partial charge on any atom is -0.427 e. The first-order valence-corrected chi connectivity index (χ1v) is 14.7. The van der Waals surface area contributed by atoms with Crippen LogP contribution >= 0.6 is 0 Å². The van der Waals surface area contributed by atoms with E-state index in [0.29, 0.717) is 17.6 Å². The van der Waals surface area contributed by atoms with E-state index in [0.717, 1.165) is 68.2 Å². The van der Waals surface area contributed by atoms with Crippen molar-refractivity contribution in [2.45, 2.75) is 57.9 Å². The summed E-state index contributed by atoms with van der Waals surface area (Å²) >= 11 is 0. The van der Waals surface area contributed by atoms with E-state index in [9.17, 15) is 9.59 Å². The van der Waals surface area contributed by atoms with Gasteiger partial charge in [0.2, 0.25) is 0 Å². The third-order valence-electron chi connectivity index (χ3n) is 8.90. The molecule has 1 heterocycles. The molecule has 1 saturated carbocycles. The summed E-state index contributed by atoms with van der Waals surface area (Å²) in [5.41, 5.74) is 1.89. The topological polar surface area (TPSA) is 49.9 Å². The Kier molecular flexibility index (Phi) is 8.41. The molecule has 210 valence electrons. The van der Waals surface area contributed by atoms with Crippen LogP contribution in [0.3, 0.4) is 0 Å². The smallest absolute Gasteiger partial charge is 0.308 e. The standard InChI is InChI=1S/C35H42N2O3/c1-5-18-36-19-17-35(30-11-8-12-33(21-30)40-26(4)38)22-32(16-15-31(35)24-36)37(23-25(2)3)34(39)29-14-13-27-9-6-7-10-28(27)20-29/h5-14,20-21,25,31-32H,1,15-19,22-24H2,2-4H3. The molecular formula is C35H42N2O3. The van der Waals surface area contributed by atoms with E-state index in [-0.39, 0.29) is 23.3 Å². The molecule has 1 aliphatic heterocycles. The molecule has 3 atom stereocenters. The van der Waals surface area contributed by atoms with Crippen molar-refractivity contribution in [3.05, 3.63) is 90.5 Å². The number of benzene rings is 3. The molecule has 0 spiro atoms. The number of rotatable bonds is 8. The quantitative estimate of drug-likeness (QED) is 0.179. The second kappa shape index (κ2) is 12.0. The summed E-state index contributed by atoms with van der Waals surface area (Å²) in [5, 5.41) is 2.24. The zero-order valence-corrected chi connectivity index (χ0v) is 24.1. The number of hydrogen-bond donors (Lipinski definition) is 0. The first kappa shape index (κ1) is 28.1. The lowest BCUT2D eigenvalue weighted by Gasteiger charge is -2.54. The normalized spacial score (nSPS) is 23.0. The predicted octanol–water partition coefficient (Wildman–Crippen LogP) is 6.86. The maximum absolute atomic E-state index is 14.2. The highest BCUT2D eigenvalue weighted by Gasteiger charge is 2.49. The molecule has 1 aliphatic carbocycles. The van der Waals surface area contributed by atoms with Gasteiger partial charge in [0.15, 0.2) is 0 Å². The first-order chi connectivity index (χ1) is 19.3. The van der Waals surface area contributed by atoms with Crippen molar-refractivity contribution >= 4 is 22.6 Å². The second-order valence-electron chi connectivity index (χ2n) is 12.1. The zero-order chi connectivity index (χ0) is 28.3. The van der Waals surface area contributed by atoms with Crippen LogP contribution in [0.15, 0.2) is 79.4 Å². The van der Waals surface area contributed by atoms with E-state index in [1.54, 1.807) is 0 Å². The highest BCUT2D eigenvalue weighted by molar-refractivity contribution is 5.98. The molecule has 0 radical (unpaired) electrons. The average Bonchev–Trinajstić information content (AvgIpc) is 2.95. The van der Waals surface area contributed by atoms with Crippen molar-refractivity contribution < 1.29 is 14.3 Å². The summed E-state index contributed by atoms with van der Waals surface area (Å²) in [6.45, 7) is 13.4. The number of amides is 1. The van der Waals surface area contributed by atoms with Crippen LogP contribution in [-0.2, 0) is 10.2 Å². The minimum atomic E-state index is -0.308. The van der Waals surface area contributed by atoms with Crippen molar-refractivity contribution in [2.24, 2.45) is 11.8 Å². The number of esters is 1. The van der Waals surface area contributed by atoms with Crippen LogP contribution in [0.2, 0.25) is 0 Å². The highest BCUT2D eigenvalue weighted by atomic mass is 16.5. The molecule has 5 rings (SSSR count). The number of fused-ring (bicyclic) bond motifs is 2. The Morgan fingerprint density at radius 1 is 1.07 bits per heavy atom. The summed E-state index contributed by atoms with van der Waals surface area (Å²) in [6, 6.07) is 22.6. The molecule has 0 bridgehead atoms. The van der Waals surface area contributed by atoms with Gasteiger partial charge in [0.25, 0.3) is 5.91 Å². The van der Waals surface area contributed by atoms with Crippen LogP contribution in [-0.4, -0.2) is 53.9 Å². The Morgan fingerprint density at radius 3 is 2.62 bits per heavy atom. The second-order valence-corrected chi connectivity index (χ2v) is 12.1. The van der Waals surface area contributed by atoms with Gasteiger partial charge in [-0.15, -0.1) is 6.58 Å². The number of likely N-dealkylation sites (tertiary alicyclic amines) is 1. The van der Waals surface area contributed by atoms with Gasteiger partial charge in [0, 0.05) is 43.6 Å². The summed E-state index contributed by atoms with van der Waals surface area (Å²) in [5.74, 6) is 1.23. The average molecular weight is 539 g/mol. The van der Waals surface area contributed by atoms with Crippen molar-refractivity contribution in [1.29, 1.82) is 0 Å². The fourth-order valence-electron chi connectivity index (χ4n) is 7.12. The van der Waals surface area contributed by atoms with Crippen molar-refractivity contribution in [1.82, 2.24) is 9.80 Å². The van der Waals surface area contributed by atoms with Crippen molar-refractivity contribution in [2.75, 3.05) is 26.2 Å². The van der Waals surface area contributed by atoms with Crippen LogP contribution < -0.4 is 4.74 Å². The zero-order valence-electron chi connectivity index (χ0n) is 24.1. The molecule has 0 aromatic heterocycles. The van der Waals surface area contributed by atoms with Gasteiger partial charge in [-0.1, -0.05) is 62.4 Å². The Labute approximate surface area is 238 Å². The Hall–Kier alpha value is -3.44. The largest absolute Gasteiger partial charge is 0.427 e. The van der Waals surface area contributed by atoms with Gasteiger partial charge < -0.3 is 9.64 Å². The predicted molar refractivity (Wildman–Crippen MR) is 162 cm³/mol. The van der Waals surface area contributed by atoms with E-state index < -0.39 is 0 Å². The fraction of sp³-hybridized carbons (Fsp3) is 0.429. The summed E-state index contributed by atoms with van der Waals surface area (Å²) < 4.78 is 5.51. The maximum atomic E-state index is 14.2. The molecule has 1 saturated heterocycles. The number of piperidine rings is 1. The molecule has 3 aromatic carbocycles. The van der Waals surface area contributed by atoms with Gasteiger partial charge in [0.1, 0.15) is 5.75 Å². The lowest BCUT2D eigenvalue weighted by Crippen LogP contribution is -2.57. The van der Waals surface area contributed by atoms with Crippen LogP contribution in [0, 0.1) is 11.8 Å². The Bertz CT molecular complexity index is 1380. The minimum absolute atomic E-state index is 0.0877. The molecule has 1 amide bonds. The molecule has 3 unspecified atom stereocenters. The van der Waals surface area contributed by atoms with Crippen molar-refractivity contribution in [3.8, 4) is 5.75 Å². The Balaban J connectivity index is 1.50. The van der Waals surface area contributed by atoms with E-state index in [1.165, 1.54) is 12.5 Å². The first-order valence-electron chi connectivity index (χ1n) is 14.7. The third kappa shape index (κ3) is 5.85. The van der Waals surface area contributed by atoms with Crippen LogP contribution in [0.5, 0.6) is 5.75 Å². The van der Waals surface area contributed by atoms with Crippen LogP contribution in [0.4, 0.5) is 0 Å². The molecule has 3 aromatic rings. The van der Waals surface area contributed by atoms with Crippen LogP contribution in [0.25, 0.3) is 10.8 Å². The van der Waals surface area contributed by atoms with E-state index >= 15 is 0 Å². The molecule has 2 fully saturated rings. The summed E-state index contributed by atoms with van der Waals surface area (Å²) in [7, 11) is 0. The fourth-order valence-corrected chi connectivity index (χ4v) is 7.12. The van der Waals surface area contributed by atoms with Crippen molar-refractivity contribution in [3.63, 3.8) is 0 Å². The Morgan fingerprint density at radius 2 is 1.88 bits per heavy atom. The van der Waals surface area contributed by atoms with Gasteiger partial charge in [-0.05, 0) is 84.7 Å². The molecule has 5 nitrogen and oxygen atoms in total. The number of ether oxygens (including phenoxy) is 1. The third-order valence-corrected chi connectivity index (χ3v) is 8.90. The lowest BCUT2D eigenvalue weighted by atomic mass is 9.57. The van der Waals surface area contributed by atoms with Gasteiger partial charge in [-0.3, -0.25) is 14.5 Å². The molecular weight excluding hydrogens is 496 g/mol. The van der Waals surface area contributed by atoms with Gasteiger partial charge >= 0.3 is 5.97 Å². The maximum Gasteiger partial charge on any atom is 0.308 e. The molecule has 5 heteroatoms. The van der Waals surface area contributed by atoms with Gasteiger partial charge in [0.05, 0.1) is 0 Å². The van der Waals surface area contributed by atoms with Crippen LogP contribution in [0.1, 0.15) is 62.4 Å². The molecule has 40 heavy (non-hydrogen) atoms. The number of carbonyl (C=O) groups is 2. The van der Waals surface area contributed by atoms with E-state index in [1.807, 2.05) is 42.5 Å². The summed E-state index contributed by atoms with van der Waals surface area (Å²) in [6.07, 6.45) is 5.95. The summed E-state index contributed by atoms with van der Waals surface area (Å²) in [4.78, 5) is 30.6. The number of hydrogen-bond acceptors (Lipinski definition) is 4. The van der Waals surface area contributed by atoms with Gasteiger partial charge in [-0.2, -0.15) is 0 Å². The number of carbonyl (C=O) groups excluding carboxylic acids is 2. The number of nitrogens with zero attached hydrogens (tertiary/aromatic N) is 2. The van der Waals surface area contributed by atoms with E-state index in [4.69, 9.17) is 4.74 Å². The highest BCUT2D eigenvalue weighted by Crippen LogP contribution is 2.50.